The fourth-order valence-corrected chi connectivity index (χ4v) is 1.96. The smallest absolute Gasteiger partial charge is 0.254 e. The molecule has 0 bridgehead atoms. The number of aryl methyl sites for hydroxylation is 1. The quantitative estimate of drug-likeness (QED) is 0.785. The zero-order chi connectivity index (χ0) is 14.4. The molecule has 20 heavy (non-hydrogen) atoms. The second-order valence-corrected chi connectivity index (χ2v) is 4.66. The first-order valence-corrected chi connectivity index (χ1v) is 6.82. The van der Waals surface area contributed by atoms with Crippen LogP contribution in [0.15, 0.2) is 36.5 Å². The highest BCUT2D eigenvalue weighted by atomic mass is 16.1. The predicted octanol–water partition coefficient (Wildman–Crippen LogP) is 1.65. The van der Waals surface area contributed by atoms with Crippen molar-refractivity contribution in [3.05, 3.63) is 47.8 Å². The van der Waals surface area contributed by atoms with Gasteiger partial charge in [-0.15, -0.1) is 0 Å². The third-order valence-corrected chi connectivity index (χ3v) is 3.08. The lowest BCUT2D eigenvalue weighted by Crippen LogP contribution is -2.25. The van der Waals surface area contributed by atoms with Gasteiger partial charge in [-0.25, -0.2) is 4.68 Å². The third-order valence-electron chi connectivity index (χ3n) is 3.08. The van der Waals surface area contributed by atoms with Gasteiger partial charge in [0.2, 0.25) is 0 Å². The summed E-state index contributed by atoms with van der Waals surface area (Å²) < 4.78 is 1.73. The molecule has 0 saturated heterocycles. The number of carbonyl (C=O) groups is 1. The number of nitrogens with zero attached hydrogens (tertiary/aromatic N) is 2. The van der Waals surface area contributed by atoms with Gasteiger partial charge >= 0.3 is 0 Å². The molecule has 106 valence electrons. The Kier molecular flexibility index (Phi) is 4.90. The molecule has 5 heteroatoms. The maximum Gasteiger partial charge on any atom is 0.254 e. The molecule has 3 N–H and O–H groups in total. The molecule has 2 rings (SSSR count). The largest absolute Gasteiger partial charge is 0.352 e. The highest BCUT2D eigenvalue weighted by Crippen LogP contribution is 2.11. The standard InChI is InChI=1S/C15H20N4O/c1-12-14(15(20)17-10-6-5-9-16)11-19(18-12)13-7-3-2-4-8-13/h2-4,7-8,11H,5-6,9-10,16H2,1H3,(H,17,20). The number of unbranched alkanes of at least 4 members (excludes halogenated alkanes) is 1. The van der Waals surface area contributed by atoms with E-state index in [9.17, 15) is 4.79 Å². The van der Waals surface area contributed by atoms with E-state index < -0.39 is 0 Å². The van der Waals surface area contributed by atoms with Gasteiger partial charge in [0.15, 0.2) is 0 Å². The lowest BCUT2D eigenvalue weighted by atomic mass is 10.2. The Morgan fingerprint density at radius 1 is 1.30 bits per heavy atom. The molecule has 1 amide bonds. The monoisotopic (exact) mass is 272 g/mol. The number of hydrogen-bond acceptors (Lipinski definition) is 3. The Morgan fingerprint density at radius 3 is 2.75 bits per heavy atom. The van der Waals surface area contributed by atoms with Gasteiger partial charge < -0.3 is 11.1 Å². The number of aromatic nitrogens is 2. The van der Waals surface area contributed by atoms with Gasteiger partial charge in [-0.3, -0.25) is 4.79 Å². The lowest BCUT2D eigenvalue weighted by Gasteiger charge is -2.03. The zero-order valence-electron chi connectivity index (χ0n) is 11.7. The minimum absolute atomic E-state index is 0.0818. The molecule has 1 aromatic heterocycles. The fraction of sp³-hybridized carbons (Fsp3) is 0.333. The van der Waals surface area contributed by atoms with Crippen LogP contribution in [-0.2, 0) is 0 Å². The summed E-state index contributed by atoms with van der Waals surface area (Å²) in [5.41, 5.74) is 7.70. The summed E-state index contributed by atoms with van der Waals surface area (Å²) >= 11 is 0. The van der Waals surface area contributed by atoms with Gasteiger partial charge in [-0.05, 0) is 38.4 Å². The van der Waals surface area contributed by atoms with Crippen molar-refractivity contribution in [2.24, 2.45) is 5.73 Å². The van der Waals surface area contributed by atoms with Crippen molar-refractivity contribution in [3.63, 3.8) is 0 Å². The van der Waals surface area contributed by atoms with E-state index in [0.717, 1.165) is 24.2 Å². The summed E-state index contributed by atoms with van der Waals surface area (Å²) in [6.07, 6.45) is 3.58. The van der Waals surface area contributed by atoms with Crippen molar-refractivity contribution >= 4 is 5.91 Å². The molecule has 0 saturated carbocycles. The second-order valence-electron chi connectivity index (χ2n) is 4.66. The number of nitrogens with two attached hydrogens (primary N) is 1. The molecule has 0 radical (unpaired) electrons. The molecular weight excluding hydrogens is 252 g/mol. The van der Waals surface area contributed by atoms with E-state index in [1.54, 1.807) is 10.9 Å². The van der Waals surface area contributed by atoms with Crippen LogP contribution in [0.25, 0.3) is 5.69 Å². The number of carbonyl (C=O) groups excluding carboxylic acids is 1. The summed E-state index contributed by atoms with van der Waals surface area (Å²) in [6.45, 7) is 3.14. The molecule has 0 atom stereocenters. The van der Waals surface area contributed by atoms with Gasteiger partial charge in [0.25, 0.3) is 5.91 Å². The Bertz CT molecular complexity index is 563. The normalized spacial score (nSPS) is 10.5. The molecule has 5 nitrogen and oxygen atoms in total. The Labute approximate surface area is 118 Å². The first kappa shape index (κ1) is 14.3. The summed E-state index contributed by atoms with van der Waals surface area (Å²) in [6, 6.07) is 9.74. The topological polar surface area (TPSA) is 72.9 Å². The molecule has 0 spiro atoms. The lowest BCUT2D eigenvalue weighted by molar-refractivity contribution is 0.0952. The Balaban J connectivity index is 2.06. The van der Waals surface area contributed by atoms with Crippen LogP contribution in [0.2, 0.25) is 0 Å². The zero-order valence-corrected chi connectivity index (χ0v) is 11.7. The van der Waals surface area contributed by atoms with Crippen LogP contribution in [0.4, 0.5) is 0 Å². The first-order valence-electron chi connectivity index (χ1n) is 6.82. The highest BCUT2D eigenvalue weighted by Gasteiger charge is 2.13. The van der Waals surface area contributed by atoms with E-state index in [4.69, 9.17) is 5.73 Å². The SMILES string of the molecule is Cc1nn(-c2ccccc2)cc1C(=O)NCCCCN. The van der Waals surface area contributed by atoms with Crippen LogP contribution in [-0.4, -0.2) is 28.8 Å². The second kappa shape index (κ2) is 6.86. The van der Waals surface area contributed by atoms with Crippen molar-refractivity contribution in [2.45, 2.75) is 19.8 Å². The average molecular weight is 272 g/mol. The number of nitrogens with one attached hydrogen (secondary N) is 1. The highest BCUT2D eigenvalue weighted by molar-refractivity contribution is 5.95. The maximum absolute atomic E-state index is 12.1. The van der Waals surface area contributed by atoms with Crippen LogP contribution in [0.1, 0.15) is 28.9 Å². The van der Waals surface area contributed by atoms with E-state index >= 15 is 0 Å². The Morgan fingerprint density at radius 2 is 2.05 bits per heavy atom. The average Bonchev–Trinajstić information content (AvgIpc) is 2.86. The van der Waals surface area contributed by atoms with Crippen molar-refractivity contribution < 1.29 is 4.79 Å². The number of rotatable bonds is 6. The minimum Gasteiger partial charge on any atom is -0.352 e. The summed E-state index contributed by atoms with van der Waals surface area (Å²) in [7, 11) is 0. The molecule has 0 aliphatic carbocycles. The molecular formula is C15H20N4O. The molecule has 1 heterocycles. The maximum atomic E-state index is 12.1. The molecule has 0 fully saturated rings. The van der Waals surface area contributed by atoms with Gasteiger partial charge in [-0.1, -0.05) is 18.2 Å². The van der Waals surface area contributed by atoms with Crippen LogP contribution < -0.4 is 11.1 Å². The first-order chi connectivity index (χ1) is 9.72. The number of hydrogen-bond donors (Lipinski definition) is 2. The van der Waals surface area contributed by atoms with Gasteiger partial charge in [0.05, 0.1) is 16.9 Å². The van der Waals surface area contributed by atoms with Crippen molar-refractivity contribution in [3.8, 4) is 5.69 Å². The summed E-state index contributed by atoms with van der Waals surface area (Å²) in [4.78, 5) is 12.1. The van der Waals surface area contributed by atoms with Crippen LogP contribution >= 0.6 is 0 Å². The minimum atomic E-state index is -0.0818. The van der Waals surface area contributed by atoms with E-state index in [0.29, 0.717) is 18.7 Å². The van der Waals surface area contributed by atoms with Crippen molar-refractivity contribution in [2.75, 3.05) is 13.1 Å². The van der Waals surface area contributed by atoms with Gasteiger partial charge in [0, 0.05) is 12.7 Å². The summed E-state index contributed by atoms with van der Waals surface area (Å²) in [5.74, 6) is -0.0818. The molecule has 0 unspecified atom stereocenters. The Hall–Kier alpha value is -2.14. The van der Waals surface area contributed by atoms with E-state index in [2.05, 4.69) is 10.4 Å². The van der Waals surface area contributed by atoms with E-state index in [1.165, 1.54) is 0 Å². The molecule has 2 aromatic rings. The fourth-order valence-electron chi connectivity index (χ4n) is 1.96. The van der Waals surface area contributed by atoms with Crippen molar-refractivity contribution in [1.29, 1.82) is 0 Å². The molecule has 1 aromatic carbocycles. The number of amides is 1. The van der Waals surface area contributed by atoms with E-state index in [1.807, 2.05) is 37.3 Å². The predicted molar refractivity (Wildman–Crippen MR) is 78.9 cm³/mol. The molecule has 0 aliphatic heterocycles. The number of para-hydroxylation sites is 1. The molecule has 0 aliphatic rings. The third kappa shape index (κ3) is 3.45. The van der Waals surface area contributed by atoms with Gasteiger partial charge in [0.1, 0.15) is 0 Å². The summed E-state index contributed by atoms with van der Waals surface area (Å²) in [5, 5.41) is 7.27. The van der Waals surface area contributed by atoms with Crippen LogP contribution in [0.5, 0.6) is 0 Å². The number of benzene rings is 1. The van der Waals surface area contributed by atoms with Crippen LogP contribution in [0.3, 0.4) is 0 Å². The van der Waals surface area contributed by atoms with Gasteiger partial charge in [-0.2, -0.15) is 5.10 Å². The van der Waals surface area contributed by atoms with Crippen LogP contribution in [0, 0.1) is 6.92 Å². The van der Waals surface area contributed by atoms with Crippen molar-refractivity contribution in [1.82, 2.24) is 15.1 Å². The van der Waals surface area contributed by atoms with E-state index in [-0.39, 0.29) is 5.91 Å².